The average molecular weight is 343 g/mol. The van der Waals surface area contributed by atoms with Crippen LogP contribution >= 0.6 is 22.6 Å². The summed E-state index contributed by atoms with van der Waals surface area (Å²) < 4.78 is 0.472. The van der Waals surface area contributed by atoms with Gasteiger partial charge in [-0.1, -0.05) is 0 Å². The second-order valence-electron chi connectivity index (χ2n) is 3.31. The molecule has 0 atom stereocenters. The lowest BCUT2D eigenvalue weighted by atomic mass is 10.2. The van der Waals surface area contributed by atoms with Gasteiger partial charge >= 0.3 is 5.97 Å². The molecule has 6 heteroatoms. The summed E-state index contributed by atoms with van der Waals surface area (Å²) in [5.74, 6) is -1.89. The molecular formula is C11H6INO4. The molecule has 0 radical (unpaired) electrons. The van der Waals surface area contributed by atoms with Gasteiger partial charge < -0.3 is 5.11 Å². The van der Waals surface area contributed by atoms with E-state index in [0.29, 0.717) is 9.26 Å². The van der Waals surface area contributed by atoms with Crippen molar-refractivity contribution in [2.45, 2.75) is 0 Å². The Morgan fingerprint density at radius 1 is 1.18 bits per heavy atom. The van der Waals surface area contributed by atoms with Crippen LogP contribution in [0.4, 0.5) is 5.69 Å². The molecule has 2 rings (SSSR count). The number of hydrogen-bond donors (Lipinski definition) is 1. The number of carboxylic acids is 1. The van der Waals surface area contributed by atoms with Crippen molar-refractivity contribution in [1.82, 2.24) is 0 Å². The highest BCUT2D eigenvalue weighted by Gasteiger charge is 2.25. The molecule has 1 aromatic rings. The van der Waals surface area contributed by atoms with Gasteiger partial charge in [0, 0.05) is 15.7 Å². The fraction of sp³-hybridized carbons (Fsp3) is 0. The SMILES string of the molecule is O=C(O)c1ccc(N2C(=O)C=CC2=O)cc1I. The number of carboxylic acid groups (broad SMARTS) is 1. The van der Waals surface area contributed by atoms with Crippen LogP contribution in [0.3, 0.4) is 0 Å². The zero-order valence-corrected chi connectivity index (χ0v) is 10.5. The third-order valence-electron chi connectivity index (χ3n) is 2.25. The van der Waals surface area contributed by atoms with Crippen LogP contribution in [0.2, 0.25) is 0 Å². The van der Waals surface area contributed by atoms with E-state index in [9.17, 15) is 14.4 Å². The van der Waals surface area contributed by atoms with Gasteiger partial charge in [-0.3, -0.25) is 9.59 Å². The maximum Gasteiger partial charge on any atom is 0.336 e. The van der Waals surface area contributed by atoms with E-state index in [-0.39, 0.29) is 5.56 Å². The van der Waals surface area contributed by atoms with Crippen LogP contribution in [-0.2, 0) is 9.59 Å². The maximum atomic E-state index is 11.4. The minimum absolute atomic E-state index is 0.140. The van der Waals surface area contributed by atoms with E-state index >= 15 is 0 Å². The minimum Gasteiger partial charge on any atom is -0.478 e. The van der Waals surface area contributed by atoms with Crippen LogP contribution in [-0.4, -0.2) is 22.9 Å². The second-order valence-corrected chi connectivity index (χ2v) is 4.48. The van der Waals surface area contributed by atoms with E-state index in [4.69, 9.17) is 5.11 Å². The third kappa shape index (κ3) is 2.07. The molecule has 0 fully saturated rings. The molecule has 17 heavy (non-hydrogen) atoms. The average Bonchev–Trinajstić information content (AvgIpc) is 2.58. The Labute approximate surface area is 110 Å². The number of halogens is 1. The van der Waals surface area contributed by atoms with Gasteiger partial charge in [0.25, 0.3) is 11.8 Å². The molecule has 5 nitrogen and oxygen atoms in total. The van der Waals surface area contributed by atoms with Crippen LogP contribution < -0.4 is 4.90 Å². The fourth-order valence-corrected chi connectivity index (χ4v) is 2.20. The summed E-state index contributed by atoms with van der Waals surface area (Å²) in [7, 11) is 0. The van der Waals surface area contributed by atoms with Gasteiger partial charge in [-0.15, -0.1) is 0 Å². The molecule has 0 saturated carbocycles. The minimum atomic E-state index is -1.04. The number of hydrogen-bond acceptors (Lipinski definition) is 3. The molecule has 1 N–H and O–H groups in total. The van der Waals surface area contributed by atoms with Gasteiger partial charge in [0.05, 0.1) is 11.3 Å². The molecule has 0 saturated heterocycles. The van der Waals surface area contributed by atoms with Crippen molar-refractivity contribution in [3.05, 3.63) is 39.5 Å². The normalized spacial score (nSPS) is 14.5. The Bertz CT molecular complexity index is 547. The van der Waals surface area contributed by atoms with Crippen molar-refractivity contribution in [2.24, 2.45) is 0 Å². The van der Waals surface area contributed by atoms with E-state index in [1.54, 1.807) is 0 Å². The van der Waals surface area contributed by atoms with Crippen molar-refractivity contribution in [3.8, 4) is 0 Å². The van der Waals surface area contributed by atoms with Crippen molar-refractivity contribution in [2.75, 3.05) is 4.90 Å². The third-order valence-corrected chi connectivity index (χ3v) is 3.14. The van der Waals surface area contributed by atoms with Crippen molar-refractivity contribution in [3.63, 3.8) is 0 Å². The molecule has 0 unspecified atom stereocenters. The summed E-state index contributed by atoms with van der Waals surface area (Å²) >= 11 is 1.85. The van der Waals surface area contributed by atoms with Crippen LogP contribution in [0.15, 0.2) is 30.4 Å². The molecule has 1 aliphatic rings. The summed E-state index contributed by atoms with van der Waals surface area (Å²) in [5.41, 5.74) is 0.515. The van der Waals surface area contributed by atoms with Gasteiger partial charge in [0.2, 0.25) is 0 Å². The quantitative estimate of drug-likeness (QED) is 0.651. The van der Waals surface area contributed by atoms with E-state index < -0.39 is 17.8 Å². The number of nitrogens with zero attached hydrogens (tertiary/aromatic N) is 1. The van der Waals surface area contributed by atoms with Crippen LogP contribution in [0, 0.1) is 3.57 Å². The zero-order valence-electron chi connectivity index (χ0n) is 8.38. The van der Waals surface area contributed by atoms with Crippen LogP contribution in [0.25, 0.3) is 0 Å². The molecule has 0 spiro atoms. The van der Waals surface area contributed by atoms with Gasteiger partial charge in [0.15, 0.2) is 0 Å². The first-order chi connectivity index (χ1) is 8.00. The molecule has 2 amide bonds. The summed E-state index contributed by atoms with van der Waals surface area (Å²) in [6.07, 6.45) is 2.36. The molecule has 1 heterocycles. The second kappa shape index (κ2) is 4.28. The number of rotatable bonds is 2. The Morgan fingerprint density at radius 3 is 2.24 bits per heavy atom. The predicted octanol–water partition coefficient (Wildman–Crippen LogP) is 1.42. The van der Waals surface area contributed by atoms with Gasteiger partial charge in [-0.05, 0) is 40.8 Å². The smallest absolute Gasteiger partial charge is 0.336 e. The van der Waals surface area contributed by atoms with E-state index in [2.05, 4.69) is 0 Å². The Kier molecular flexibility index (Phi) is 2.97. The molecular weight excluding hydrogens is 337 g/mol. The zero-order chi connectivity index (χ0) is 12.6. The first-order valence-corrected chi connectivity index (χ1v) is 5.67. The van der Waals surface area contributed by atoms with Crippen molar-refractivity contribution in [1.29, 1.82) is 0 Å². The molecule has 1 aromatic carbocycles. The largest absolute Gasteiger partial charge is 0.478 e. The summed E-state index contributed by atoms with van der Waals surface area (Å²) in [5, 5.41) is 8.86. The van der Waals surface area contributed by atoms with Gasteiger partial charge in [-0.25, -0.2) is 9.69 Å². The molecule has 0 aromatic heterocycles. The van der Waals surface area contributed by atoms with Crippen LogP contribution in [0.5, 0.6) is 0 Å². The number of carbonyl (C=O) groups is 3. The molecule has 0 aliphatic carbocycles. The topological polar surface area (TPSA) is 74.7 Å². The maximum absolute atomic E-state index is 11.4. The summed E-state index contributed by atoms with van der Waals surface area (Å²) in [6.45, 7) is 0. The Hall–Kier alpha value is -1.70. The van der Waals surface area contributed by atoms with E-state index in [1.807, 2.05) is 22.6 Å². The van der Waals surface area contributed by atoms with E-state index in [1.165, 1.54) is 30.4 Å². The van der Waals surface area contributed by atoms with Crippen LogP contribution in [0.1, 0.15) is 10.4 Å². The van der Waals surface area contributed by atoms with E-state index in [0.717, 1.165) is 4.90 Å². The molecule has 1 aliphatic heterocycles. The van der Waals surface area contributed by atoms with Gasteiger partial charge in [0.1, 0.15) is 0 Å². The highest BCUT2D eigenvalue weighted by molar-refractivity contribution is 14.1. The highest BCUT2D eigenvalue weighted by Crippen LogP contribution is 2.23. The lowest BCUT2D eigenvalue weighted by molar-refractivity contribution is -0.119. The lowest BCUT2D eigenvalue weighted by Gasteiger charge is -2.14. The summed E-state index contributed by atoms with van der Waals surface area (Å²) in [4.78, 5) is 34.6. The molecule has 86 valence electrons. The van der Waals surface area contributed by atoms with Crippen molar-refractivity contribution < 1.29 is 19.5 Å². The fourth-order valence-electron chi connectivity index (χ4n) is 1.47. The lowest BCUT2D eigenvalue weighted by Crippen LogP contribution is -2.29. The summed E-state index contributed by atoms with van der Waals surface area (Å²) in [6, 6.07) is 4.31. The Balaban J connectivity index is 2.42. The number of aromatic carboxylic acids is 1. The molecule has 0 bridgehead atoms. The monoisotopic (exact) mass is 343 g/mol. The first-order valence-electron chi connectivity index (χ1n) is 4.59. The standard InChI is InChI=1S/C11H6INO4/c12-8-5-6(1-2-7(8)11(16)17)13-9(14)3-4-10(13)15/h1-5H,(H,16,17). The Morgan fingerprint density at radius 2 is 1.76 bits per heavy atom. The number of anilines is 1. The number of carbonyl (C=O) groups excluding carboxylic acids is 2. The van der Waals surface area contributed by atoms with Crippen molar-refractivity contribution >= 4 is 46.1 Å². The predicted molar refractivity (Wildman–Crippen MR) is 67.8 cm³/mol. The van der Waals surface area contributed by atoms with Gasteiger partial charge in [-0.2, -0.15) is 0 Å². The number of imide groups is 1. The number of amides is 2. The first kappa shape index (κ1) is 11.8. The number of benzene rings is 1. The highest BCUT2D eigenvalue weighted by atomic mass is 127.